The molecule has 1 aromatic carbocycles. The summed E-state index contributed by atoms with van der Waals surface area (Å²) in [5.41, 5.74) is 0.281. The number of nitrogens with one attached hydrogen (secondary N) is 1. The molecule has 1 rings (SSSR count). The second kappa shape index (κ2) is 10.3. The fourth-order valence-corrected chi connectivity index (χ4v) is 2.53. The van der Waals surface area contributed by atoms with Crippen molar-refractivity contribution in [2.75, 3.05) is 6.61 Å². The minimum absolute atomic E-state index is 0.234. The highest BCUT2D eigenvalue weighted by Gasteiger charge is 2.25. The fourth-order valence-electron chi connectivity index (χ4n) is 2.53. The smallest absolute Gasteiger partial charge is 0.408 e. The summed E-state index contributed by atoms with van der Waals surface area (Å²) in [6.45, 7) is 13.4. The van der Waals surface area contributed by atoms with E-state index in [2.05, 4.69) is 5.32 Å². The molecule has 0 bridgehead atoms. The van der Waals surface area contributed by atoms with Gasteiger partial charge in [-0.1, -0.05) is 12.1 Å². The number of rotatable bonds is 8. The fraction of sp³-hybridized carbons (Fsp3) is 0.636. The molecule has 0 saturated carbocycles. The van der Waals surface area contributed by atoms with Crippen LogP contribution < -0.4 is 10.1 Å². The molecule has 6 heteroatoms. The molecule has 0 spiro atoms. The molecule has 158 valence electrons. The number of amides is 1. The van der Waals surface area contributed by atoms with Crippen LogP contribution >= 0.6 is 0 Å². The highest BCUT2D eigenvalue weighted by atomic mass is 16.6. The Kier molecular flexibility index (Phi) is 8.79. The van der Waals surface area contributed by atoms with Gasteiger partial charge in [-0.05, 0) is 85.4 Å². The summed E-state index contributed by atoms with van der Waals surface area (Å²) < 4.78 is 16.1. The first-order valence-electron chi connectivity index (χ1n) is 9.84. The first-order chi connectivity index (χ1) is 12.9. The molecule has 0 heterocycles. The molecule has 6 nitrogen and oxygen atoms in total. The Balaban J connectivity index is 2.60. The average molecular weight is 394 g/mol. The van der Waals surface area contributed by atoms with Crippen molar-refractivity contribution in [3.8, 4) is 5.75 Å². The van der Waals surface area contributed by atoms with Gasteiger partial charge in [0.15, 0.2) is 0 Å². The summed E-state index contributed by atoms with van der Waals surface area (Å²) >= 11 is 0. The van der Waals surface area contributed by atoms with Crippen LogP contribution in [0.15, 0.2) is 24.3 Å². The zero-order valence-corrected chi connectivity index (χ0v) is 18.3. The van der Waals surface area contributed by atoms with E-state index in [1.807, 2.05) is 45.0 Å². The molecule has 0 radical (unpaired) electrons. The topological polar surface area (TPSA) is 73.9 Å². The minimum atomic E-state index is -0.724. The second-order valence-electron chi connectivity index (χ2n) is 8.70. The number of ether oxygens (including phenoxy) is 3. The van der Waals surface area contributed by atoms with Crippen molar-refractivity contribution < 1.29 is 23.8 Å². The average Bonchev–Trinajstić information content (AvgIpc) is 2.52. The van der Waals surface area contributed by atoms with Crippen LogP contribution in [0.4, 0.5) is 4.79 Å². The molecular formula is C22H35NO5. The number of esters is 1. The third-order valence-electron chi connectivity index (χ3n) is 3.57. The number of carbonyl (C=O) groups excluding carboxylic acids is 2. The molecule has 1 amide bonds. The second-order valence-corrected chi connectivity index (χ2v) is 8.70. The molecule has 0 aliphatic heterocycles. The van der Waals surface area contributed by atoms with Crippen molar-refractivity contribution in [3.05, 3.63) is 29.8 Å². The Labute approximate surface area is 168 Å². The first-order valence-corrected chi connectivity index (χ1v) is 9.84. The molecule has 0 fully saturated rings. The van der Waals surface area contributed by atoms with Crippen molar-refractivity contribution >= 4 is 12.1 Å². The first kappa shape index (κ1) is 23.8. The summed E-state index contributed by atoms with van der Waals surface area (Å²) in [4.78, 5) is 24.2. The number of hydrogen-bond acceptors (Lipinski definition) is 5. The van der Waals surface area contributed by atoms with Gasteiger partial charge in [0.05, 0.1) is 6.61 Å². The number of hydrogen-bond donors (Lipinski definition) is 1. The monoisotopic (exact) mass is 393 g/mol. The maximum Gasteiger partial charge on any atom is 0.408 e. The van der Waals surface area contributed by atoms with Crippen molar-refractivity contribution in [2.24, 2.45) is 0 Å². The van der Waals surface area contributed by atoms with Crippen molar-refractivity contribution in [2.45, 2.75) is 85.0 Å². The standard InChI is InChI=1S/C22H35NO5/c1-8-26-19(24)18(23-20(25)28-22(5,6)7)11-9-10-16-12-14-17(15-13-16)27-21(2,3)4/h12-15,18H,8-11H2,1-7H3,(H,23,25). The lowest BCUT2D eigenvalue weighted by Crippen LogP contribution is -2.44. The molecule has 0 saturated heterocycles. The molecular weight excluding hydrogens is 358 g/mol. The van der Waals surface area contributed by atoms with Crippen molar-refractivity contribution in [1.82, 2.24) is 5.32 Å². The Morgan fingerprint density at radius 3 is 2.11 bits per heavy atom. The van der Waals surface area contributed by atoms with Crippen LogP contribution in [-0.2, 0) is 20.7 Å². The van der Waals surface area contributed by atoms with E-state index in [0.717, 1.165) is 24.2 Å². The van der Waals surface area contributed by atoms with Gasteiger partial charge in [-0.3, -0.25) is 0 Å². The lowest BCUT2D eigenvalue weighted by molar-refractivity contribution is -0.145. The third kappa shape index (κ3) is 10.2. The van der Waals surface area contributed by atoms with E-state index in [1.165, 1.54) is 0 Å². The molecule has 1 unspecified atom stereocenters. The summed E-state index contributed by atoms with van der Waals surface area (Å²) in [5.74, 6) is 0.384. The van der Waals surface area contributed by atoms with Gasteiger partial charge < -0.3 is 19.5 Å². The zero-order chi connectivity index (χ0) is 21.4. The summed E-state index contributed by atoms with van der Waals surface area (Å²) in [7, 11) is 0. The van der Waals surface area contributed by atoms with E-state index >= 15 is 0 Å². The van der Waals surface area contributed by atoms with E-state index < -0.39 is 23.7 Å². The van der Waals surface area contributed by atoms with Crippen molar-refractivity contribution in [1.29, 1.82) is 0 Å². The maximum absolute atomic E-state index is 12.2. The number of carbonyl (C=O) groups is 2. The van der Waals surface area contributed by atoms with E-state index in [0.29, 0.717) is 6.42 Å². The lowest BCUT2D eigenvalue weighted by atomic mass is 10.0. The predicted octanol–water partition coefficient (Wildman–Crippen LogP) is 4.64. The normalized spacial score (nSPS) is 12.8. The molecule has 28 heavy (non-hydrogen) atoms. The van der Waals surface area contributed by atoms with Gasteiger partial charge >= 0.3 is 12.1 Å². The van der Waals surface area contributed by atoms with Gasteiger partial charge in [-0.25, -0.2) is 9.59 Å². The van der Waals surface area contributed by atoms with Gasteiger partial charge in [0.2, 0.25) is 0 Å². The predicted molar refractivity (Wildman–Crippen MR) is 110 cm³/mol. The van der Waals surface area contributed by atoms with Gasteiger partial charge in [-0.2, -0.15) is 0 Å². The summed E-state index contributed by atoms with van der Waals surface area (Å²) in [6, 6.07) is 7.20. The molecule has 1 N–H and O–H groups in total. The van der Waals surface area contributed by atoms with Gasteiger partial charge in [0.25, 0.3) is 0 Å². The largest absolute Gasteiger partial charge is 0.488 e. The highest BCUT2D eigenvalue weighted by Crippen LogP contribution is 2.19. The number of aryl methyl sites for hydroxylation is 1. The minimum Gasteiger partial charge on any atom is -0.488 e. The van der Waals surface area contributed by atoms with Crippen LogP contribution in [0.2, 0.25) is 0 Å². The lowest BCUT2D eigenvalue weighted by Gasteiger charge is -2.23. The Bertz CT molecular complexity index is 626. The number of benzene rings is 1. The van der Waals surface area contributed by atoms with Crippen LogP contribution in [0.5, 0.6) is 5.75 Å². The van der Waals surface area contributed by atoms with Crippen LogP contribution in [0.25, 0.3) is 0 Å². The summed E-state index contributed by atoms with van der Waals surface area (Å²) in [6.07, 6.45) is 1.35. The van der Waals surface area contributed by atoms with Crippen LogP contribution in [0.1, 0.15) is 66.9 Å². The van der Waals surface area contributed by atoms with Gasteiger partial charge in [-0.15, -0.1) is 0 Å². The van der Waals surface area contributed by atoms with Crippen LogP contribution in [0, 0.1) is 0 Å². The van der Waals surface area contributed by atoms with Crippen LogP contribution in [-0.4, -0.2) is 35.9 Å². The molecule has 1 aromatic rings. The summed E-state index contributed by atoms with van der Waals surface area (Å²) in [5, 5.41) is 2.62. The van der Waals surface area contributed by atoms with E-state index in [-0.39, 0.29) is 12.2 Å². The Hall–Kier alpha value is -2.24. The van der Waals surface area contributed by atoms with E-state index in [1.54, 1.807) is 27.7 Å². The quantitative estimate of drug-likeness (QED) is 0.651. The SMILES string of the molecule is CCOC(=O)C(CCCc1ccc(OC(C)(C)C)cc1)NC(=O)OC(C)(C)C. The zero-order valence-electron chi connectivity index (χ0n) is 18.3. The highest BCUT2D eigenvalue weighted by molar-refractivity contribution is 5.81. The third-order valence-corrected chi connectivity index (χ3v) is 3.57. The molecule has 0 aliphatic carbocycles. The molecule has 0 aliphatic rings. The Morgan fingerprint density at radius 2 is 1.61 bits per heavy atom. The van der Waals surface area contributed by atoms with Gasteiger partial charge in [0.1, 0.15) is 23.0 Å². The van der Waals surface area contributed by atoms with Crippen molar-refractivity contribution in [3.63, 3.8) is 0 Å². The molecule has 0 aromatic heterocycles. The molecule has 1 atom stereocenters. The van der Waals surface area contributed by atoms with Gasteiger partial charge in [0, 0.05) is 0 Å². The Morgan fingerprint density at radius 1 is 1.00 bits per heavy atom. The van der Waals surface area contributed by atoms with Crippen LogP contribution in [0.3, 0.4) is 0 Å². The number of alkyl carbamates (subject to hydrolysis) is 1. The van der Waals surface area contributed by atoms with E-state index in [4.69, 9.17) is 14.2 Å². The maximum atomic E-state index is 12.2. The van der Waals surface area contributed by atoms with E-state index in [9.17, 15) is 9.59 Å².